The van der Waals surface area contributed by atoms with Crippen molar-refractivity contribution in [3.05, 3.63) is 29.3 Å². The van der Waals surface area contributed by atoms with Crippen LogP contribution in [0.1, 0.15) is 30.9 Å². The van der Waals surface area contributed by atoms with Gasteiger partial charge in [0.2, 0.25) is 0 Å². The average Bonchev–Trinajstić information content (AvgIpc) is 2.97. The third-order valence-electron chi connectivity index (χ3n) is 3.41. The van der Waals surface area contributed by atoms with E-state index in [-0.39, 0.29) is 0 Å². The first kappa shape index (κ1) is 16.3. The van der Waals surface area contributed by atoms with Crippen LogP contribution in [-0.4, -0.2) is 39.6 Å². The molecule has 0 amide bonds. The van der Waals surface area contributed by atoms with Gasteiger partial charge in [0.1, 0.15) is 5.75 Å². The summed E-state index contributed by atoms with van der Waals surface area (Å²) < 4.78 is 22.0. The van der Waals surface area contributed by atoms with Crippen LogP contribution in [0, 0.1) is 0 Å². The molecule has 0 radical (unpaired) electrons. The molecule has 21 heavy (non-hydrogen) atoms. The Hall–Kier alpha value is -1.10. The zero-order valence-corrected chi connectivity index (χ0v) is 12.9. The van der Waals surface area contributed by atoms with Crippen LogP contribution in [0.25, 0.3) is 0 Å². The highest BCUT2D eigenvalue weighted by molar-refractivity contribution is 5.39. The second-order valence-electron chi connectivity index (χ2n) is 5.17. The molecular weight excluding hydrogens is 268 g/mol. The van der Waals surface area contributed by atoms with Crippen molar-refractivity contribution in [2.45, 2.75) is 32.8 Å². The van der Waals surface area contributed by atoms with Gasteiger partial charge in [0, 0.05) is 13.0 Å². The van der Waals surface area contributed by atoms with Crippen LogP contribution in [0.4, 0.5) is 0 Å². The molecule has 1 aromatic carbocycles. The van der Waals surface area contributed by atoms with E-state index in [1.807, 2.05) is 6.07 Å². The van der Waals surface area contributed by atoms with E-state index in [1.54, 1.807) is 0 Å². The molecule has 1 heterocycles. The normalized spacial score (nSPS) is 13.2. The van der Waals surface area contributed by atoms with Gasteiger partial charge in [0.25, 0.3) is 0 Å². The van der Waals surface area contributed by atoms with Gasteiger partial charge in [0.05, 0.1) is 39.6 Å². The lowest BCUT2D eigenvalue weighted by atomic mass is 10.1. The van der Waals surface area contributed by atoms with Gasteiger partial charge in [0.15, 0.2) is 0 Å². The monoisotopic (exact) mass is 294 g/mol. The van der Waals surface area contributed by atoms with E-state index in [2.05, 4.69) is 19.1 Å². The maximum Gasteiger partial charge on any atom is 0.122 e. The predicted octanol–water partition coefficient (Wildman–Crippen LogP) is 2.97. The molecule has 0 atom stereocenters. The molecule has 0 spiro atoms. The molecule has 1 aliphatic rings. The van der Waals surface area contributed by atoms with E-state index in [0.29, 0.717) is 33.0 Å². The van der Waals surface area contributed by atoms with Crippen LogP contribution in [0.3, 0.4) is 0 Å². The highest BCUT2D eigenvalue weighted by Gasteiger charge is 2.11. The minimum atomic E-state index is 0.614. The molecule has 0 aliphatic carbocycles. The fourth-order valence-corrected chi connectivity index (χ4v) is 2.21. The summed E-state index contributed by atoms with van der Waals surface area (Å²) in [5.74, 6) is 1.02. The minimum absolute atomic E-state index is 0.614. The molecule has 0 unspecified atom stereocenters. The van der Waals surface area contributed by atoms with Crippen molar-refractivity contribution in [3.8, 4) is 5.75 Å². The maximum absolute atomic E-state index is 5.62. The van der Waals surface area contributed by atoms with E-state index < -0.39 is 0 Å². The minimum Gasteiger partial charge on any atom is -0.493 e. The van der Waals surface area contributed by atoms with Crippen molar-refractivity contribution in [3.63, 3.8) is 0 Å². The van der Waals surface area contributed by atoms with Crippen molar-refractivity contribution in [1.82, 2.24) is 0 Å². The fraction of sp³-hybridized carbons (Fsp3) is 0.647. The first-order valence-corrected chi connectivity index (χ1v) is 7.88. The van der Waals surface area contributed by atoms with Gasteiger partial charge in [-0.15, -0.1) is 0 Å². The standard InChI is InChI=1S/C17H26O4/c1-2-3-7-18-9-10-19-11-12-20-14-15-4-5-17-16(13-15)6-8-21-17/h4-5,13H,2-3,6-12,14H2,1H3. The summed E-state index contributed by atoms with van der Waals surface area (Å²) in [4.78, 5) is 0. The van der Waals surface area contributed by atoms with Crippen molar-refractivity contribution < 1.29 is 18.9 Å². The van der Waals surface area contributed by atoms with Crippen molar-refractivity contribution in [1.29, 1.82) is 0 Å². The summed E-state index contributed by atoms with van der Waals surface area (Å²) in [6, 6.07) is 6.27. The van der Waals surface area contributed by atoms with Crippen molar-refractivity contribution >= 4 is 0 Å². The first-order chi connectivity index (χ1) is 10.4. The van der Waals surface area contributed by atoms with E-state index in [9.17, 15) is 0 Å². The second kappa shape index (κ2) is 9.77. The quantitative estimate of drug-likeness (QED) is 0.588. The molecule has 0 saturated heterocycles. The molecule has 0 bridgehead atoms. The van der Waals surface area contributed by atoms with Crippen LogP contribution in [-0.2, 0) is 27.2 Å². The Morgan fingerprint density at radius 2 is 1.76 bits per heavy atom. The Kier molecular flexibility index (Phi) is 7.57. The van der Waals surface area contributed by atoms with Gasteiger partial charge < -0.3 is 18.9 Å². The van der Waals surface area contributed by atoms with Gasteiger partial charge in [-0.05, 0) is 29.7 Å². The van der Waals surface area contributed by atoms with Gasteiger partial charge in [-0.2, -0.15) is 0 Å². The molecule has 0 saturated carbocycles. The molecule has 1 aliphatic heterocycles. The van der Waals surface area contributed by atoms with E-state index >= 15 is 0 Å². The number of benzene rings is 1. The predicted molar refractivity (Wildman–Crippen MR) is 81.8 cm³/mol. The smallest absolute Gasteiger partial charge is 0.122 e. The Morgan fingerprint density at radius 3 is 2.57 bits per heavy atom. The zero-order chi connectivity index (χ0) is 14.8. The highest BCUT2D eigenvalue weighted by Crippen LogP contribution is 2.25. The SMILES string of the molecule is CCCCOCCOCCOCc1ccc2c(c1)CCO2. The summed E-state index contributed by atoms with van der Waals surface area (Å²) in [5.41, 5.74) is 2.48. The summed E-state index contributed by atoms with van der Waals surface area (Å²) in [6.07, 6.45) is 3.29. The third-order valence-corrected chi connectivity index (χ3v) is 3.41. The fourth-order valence-electron chi connectivity index (χ4n) is 2.21. The van der Waals surface area contributed by atoms with Crippen LogP contribution in [0.15, 0.2) is 18.2 Å². The largest absolute Gasteiger partial charge is 0.493 e. The number of hydrogen-bond acceptors (Lipinski definition) is 4. The summed E-state index contributed by atoms with van der Waals surface area (Å²) in [5, 5.41) is 0. The highest BCUT2D eigenvalue weighted by atomic mass is 16.5. The molecule has 2 rings (SSSR count). The van der Waals surface area contributed by atoms with Crippen molar-refractivity contribution in [2.24, 2.45) is 0 Å². The van der Waals surface area contributed by atoms with E-state index in [4.69, 9.17) is 18.9 Å². The Labute approximate surface area is 127 Å². The first-order valence-electron chi connectivity index (χ1n) is 7.88. The third kappa shape index (κ3) is 6.04. The zero-order valence-electron chi connectivity index (χ0n) is 12.9. The Balaban J connectivity index is 1.47. The van der Waals surface area contributed by atoms with Crippen LogP contribution < -0.4 is 4.74 Å². The number of hydrogen-bond donors (Lipinski definition) is 0. The molecule has 0 fully saturated rings. The number of ether oxygens (including phenoxy) is 4. The van der Waals surface area contributed by atoms with E-state index in [0.717, 1.165) is 31.8 Å². The Morgan fingerprint density at radius 1 is 1.00 bits per heavy atom. The number of rotatable bonds is 11. The van der Waals surface area contributed by atoms with Crippen molar-refractivity contribution in [2.75, 3.05) is 39.6 Å². The van der Waals surface area contributed by atoms with Gasteiger partial charge in [-0.1, -0.05) is 19.4 Å². The summed E-state index contributed by atoms with van der Waals surface area (Å²) in [7, 11) is 0. The second-order valence-corrected chi connectivity index (χ2v) is 5.17. The van der Waals surface area contributed by atoms with E-state index in [1.165, 1.54) is 17.5 Å². The van der Waals surface area contributed by atoms with Gasteiger partial charge in [-0.3, -0.25) is 0 Å². The van der Waals surface area contributed by atoms with Crippen LogP contribution in [0.2, 0.25) is 0 Å². The molecule has 4 heteroatoms. The topological polar surface area (TPSA) is 36.9 Å². The molecule has 1 aromatic rings. The molecule has 118 valence electrons. The van der Waals surface area contributed by atoms with Crippen LogP contribution >= 0.6 is 0 Å². The number of unbranched alkanes of at least 4 members (excludes halogenated alkanes) is 1. The lowest BCUT2D eigenvalue weighted by Crippen LogP contribution is -2.09. The molecule has 4 nitrogen and oxygen atoms in total. The summed E-state index contributed by atoms with van der Waals surface area (Å²) >= 11 is 0. The molecule has 0 aromatic heterocycles. The maximum atomic E-state index is 5.62. The Bertz CT molecular complexity index is 406. The lowest BCUT2D eigenvalue weighted by molar-refractivity contribution is 0.0102. The summed E-state index contributed by atoms with van der Waals surface area (Å²) in [6.45, 7) is 6.96. The van der Waals surface area contributed by atoms with Gasteiger partial charge in [-0.25, -0.2) is 0 Å². The number of fused-ring (bicyclic) bond motifs is 1. The van der Waals surface area contributed by atoms with Gasteiger partial charge >= 0.3 is 0 Å². The molecular formula is C17H26O4. The average molecular weight is 294 g/mol. The van der Waals surface area contributed by atoms with Crippen LogP contribution in [0.5, 0.6) is 5.75 Å². The molecule has 0 N–H and O–H groups in total. The lowest BCUT2D eigenvalue weighted by Gasteiger charge is -2.07.